The molecule has 8 aromatic carbocycles. The summed E-state index contributed by atoms with van der Waals surface area (Å²) in [6, 6.07) is 57.4. The molecule has 0 heterocycles. The van der Waals surface area contributed by atoms with Crippen molar-refractivity contribution in [1.82, 2.24) is 0 Å². The summed E-state index contributed by atoms with van der Waals surface area (Å²) in [6.45, 7) is 0. The molecule has 0 aromatic heterocycles. The molecule has 0 aliphatic rings. The maximum Gasteiger partial charge on any atom is 0.119 e. The first-order valence-corrected chi connectivity index (χ1v) is 20.0. The molecule has 0 spiro atoms. The molecule has 0 aliphatic carbocycles. The van der Waals surface area contributed by atoms with Crippen molar-refractivity contribution < 1.29 is 40.9 Å². The second-order valence-electron chi connectivity index (χ2n) is 14.1. The van der Waals surface area contributed by atoms with Crippen LogP contribution in [0.5, 0.6) is 46.0 Å². The fourth-order valence-corrected chi connectivity index (χ4v) is 5.88. The first-order chi connectivity index (χ1) is 30.9. The predicted molar refractivity (Wildman–Crippen MR) is 261 cm³/mol. The largest absolute Gasteiger partial charge is 0.508 e. The van der Waals surface area contributed by atoms with Crippen LogP contribution in [-0.4, -0.2) is 40.9 Å². The lowest BCUT2D eigenvalue weighted by molar-refractivity contribution is 0.449. The van der Waals surface area contributed by atoms with Crippen LogP contribution in [0.15, 0.2) is 194 Å². The number of phenolic OH excluding ortho intramolecular Hbond substituents is 8. The van der Waals surface area contributed by atoms with Crippen LogP contribution in [0.2, 0.25) is 0 Å². The first-order valence-electron chi connectivity index (χ1n) is 20.0. The van der Waals surface area contributed by atoms with Crippen LogP contribution in [-0.2, 0) is 0 Å². The zero-order valence-corrected chi connectivity index (χ0v) is 34.7. The zero-order chi connectivity index (χ0) is 45.5. The molecule has 0 saturated carbocycles. The summed E-state index contributed by atoms with van der Waals surface area (Å²) in [7, 11) is 0. The van der Waals surface area contributed by atoms with Crippen LogP contribution < -0.4 is 0 Å². The molecule has 8 N–H and O–H groups in total. The van der Waals surface area contributed by atoms with Crippen molar-refractivity contribution >= 4 is 48.6 Å². The Morgan fingerprint density at radius 3 is 0.469 bits per heavy atom. The SMILES string of the molecule is Oc1cc(O)cc(/C=C/c2ccccc2)c1.Oc1cc(O)cc(/C=C/c2ccccc2)c1.Oc1cc(O)cc(/C=C/c2ccccc2)c1.Oc1cc(O)cc(/C=C/c2ccccc2)c1. The minimum absolute atomic E-state index is 0.0627. The van der Waals surface area contributed by atoms with Gasteiger partial charge in [0, 0.05) is 24.3 Å². The number of hydrogen-bond donors (Lipinski definition) is 8. The number of phenols is 8. The average Bonchev–Trinajstić information content (AvgIpc) is 3.27. The van der Waals surface area contributed by atoms with Gasteiger partial charge in [-0.15, -0.1) is 0 Å². The molecule has 0 amide bonds. The Kier molecular flexibility index (Phi) is 17.6. The number of rotatable bonds is 8. The smallest absolute Gasteiger partial charge is 0.119 e. The standard InChI is InChI=1S/4C14H12O2/c4*15-13-8-12(9-14(16)10-13)7-6-11-4-2-1-3-5-11/h4*1-10,15-16H/b4*7-6+. The van der Waals surface area contributed by atoms with E-state index >= 15 is 0 Å². The van der Waals surface area contributed by atoms with E-state index < -0.39 is 0 Å². The van der Waals surface area contributed by atoms with E-state index in [2.05, 4.69) is 0 Å². The van der Waals surface area contributed by atoms with E-state index in [-0.39, 0.29) is 46.0 Å². The van der Waals surface area contributed by atoms with Crippen molar-refractivity contribution in [3.05, 3.63) is 239 Å². The monoisotopic (exact) mass is 848 g/mol. The Hall–Kier alpha value is -8.88. The van der Waals surface area contributed by atoms with E-state index in [0.29, 0.717) is 0 Å². The van der Waals surface area contributed by atoms with Crippen LogP contribution in [0, 0.1) is 0 Å². The molecule has 0 radical (unpaired) electrons. The van der Waals surface area contributed by atoms with E-state index in [1.54, 1.807) is 48.5 Å². The fourth-order valence-electron chi connectivity index (χ4n) is 5.88. The van der Waals surface area contributed by atoms with Gasteiger partial charge in [-0.2, -0.15) is 0 Å². The van der Waals surface area contributed by atoms with Gasteiger partial charge in [0.2, 0.25) is 0 Å². The zero-order valence-electron chi connectivity index (χ0n) is 34.7. The molecule has 0 bridgehead atoms. The number of aromatic hydroxyl groups is 8. The Morgan fingerprint density at radius 1 is 0.172 bits per heavy atom. The molecule has 0 aliphatic heterocycles. The van der Waals surface area contributed by atoms with Gasteiger partial charge in [0.05, 0.1) is 0 Å². The maximum atomic E-state index is 9.30. The van der Waals surface area contributed by atoms with Gasteiger partial charge in [-0.25, -0.2) is 0 Å². The highest BCUT2D eigenvalue weighted by Gasteiger charge is 1.99. The molecule has 0 saturated heterocycles. The fraction of sp³-hybridized carbons (Fsp3) is 0. The molecule has 8 heteroatoms. The second kappa shape index (κ2) is 24.4. The van der Waals surface area contributed by atoms with Gasteiger partial charge in [0.25, 0.3) is 0 Å². The quantitative estimate of drug-likeness (QED) is 0.0701. The third kappa shape index (κ3) is 17.4. The van der Waals surface area contributed by atoms with Crippen LogP contribution in [0.25, 0.3) is 48.6 Å². The summed E-state index contributed by atoms with van der Waals surface area (Å²) >= 11 is 0. The first kappa shape index (κ1) is 46.2. The van der Waals surface area contributed by atoms with Gasteiger partial charge in [0.1, 0.15) is 46.0 Å². The van der Waals surface area contributed by atoms with Gasteiger partial charge in [-0.3, -0.25) is 0 Å². The molecule has 64 heavy (non-hydrogen) atoms. The molecule has 0 fully saturated rings. The number of benzene rings is 8. The molecule has 0 atom stereocenters. The molecule has 8 aromatic rings. The van der Waals surface area contributed by atoms with Crippen molar-refractivity contribution in [2.45, 2.75) is 0 Å². The Labute approximate surface area is 372 Å². The maximum absolute atomic E-state index is 9.30. The van der Waals surface area contributed by atoms with E-state index in [9.17, 15) is 40.9 Å². The lowest BCUT2D eigenvalue weighted by atomic mass is 10.1. The van der Waals surface area contributed by atoms with Crippen LogP contribution in [0.3, 0.4) is 0 Å². The van der Waals surface area contributed by atoms with Gasteiger partial charge >= 0.3 is 0 Å². The normalized spacial score (nSPS) is 10.8. The van der Waals surface area contributed by atoms with Crippen molar-refractivity contribution in [1.29, 1.82) is 0 Å². The molecule has 8 nitrogen and oxygen atoms in total. The minimum atomic E-state index is 0.0627. The second-order valence-corrected chi connectivity index (χ2v) is 14.1. The lowest BCUT2D eigenvalue weighted by Crippen LogP contribution is -1.74. The van der Waals surface area contributed by atoms with Gasteiger partial charge < -0.3 is 40.9 Å². The highest BCUT2D eigenvalue weighted by atomic mass is 16.3. The average molecular weight is 849 g/mol. The lowest BCUT2D eigenvalue weighted by Gasteiger charge is -1.98. The highest BCUT2D eigenvalue weighted by Crippen LogP contribution is 2.25. The molecule has 8 rings (SSSR count). The summed E-state index contributed by atoms with van der Waals surface area (Å²) in [5, 5.41) is 74.4. The van der Waals surface area contributed by atoms with Crippen molar-refractivity contribution in [2.24, 2.45) is 0 Å². The summed E-state index contributed by atoms with van der Waals surface area (Å²) in [5.74, 6) is 0.502. The Bertz CT molecular complexity index is 2310. The van der Waals surface area contributed by atoms with Crippen molar-refractivity contribution in [3.8, 4) is 46.0 Å². The third-order valence-corrected chi connectivity index (χ3v) is 8.77. The van der Waals surface area contributed by atoms with Crippen molar-refractivity contribution in [2.75, 3.05) is 0 Å². The summed E-state index contributed by atoms with van der Waals surface area (Å²) in [4.78, 5) is 0. The Balaban J connectivity index is 0.000000161. The van der Waals surface area contributed by atoms with E-state index in [0.717, 1.165) is 44.5 Å². The van der Waals surface area contributed by atoms with Gasteiger partial charge in [-0.05, 0) is 93.0 Å². The predicted octanol–water partition coefficient (Wildman–Crippen LogP) is 13.1. The summed E-state index contributed by atoms with van der Waals surface area (Å²) in [6.07, 6.45) is 15.1. The molecule has 320 valence electrons. The van der Waals surface area contributed by atoms with E-state index in [1.165, 1.54) is 24.3 Å². The Morgan fingerprint density at radius 2 is 0.312 bits per heavy atom. The topological polar surface area (TPSA) is 162 Å². The molecular formula is C56H48O8. The van der Waals surface area contributed by atoms with Gasteiger partial charge in [-0.1, -0.05) is 170 Å². The van der Waals surface area contributed by atoms with Crippen LogP contribution in [0.1, 0.15) is 44.5 Å². The van der Waals surface area contributed by atoms with Gasteiger partial charge in [0.15, 0.2) is 0 Å². The summed E-state index contributed by atoms with van der Waals surface area (Å²) in [5.41, 5.74) is 7.36. The minimum Gasteiger partial charge on any atom is -0.508 e. The van der Waals surface area contributed by atoms with E-state index in [1.807, 2.05) is 170 Å². The highest BCUT2D eigenvalue weighted by molar-refractivity contribution is 5.73. The molecule has 0 unspecified atom stereocenters. The third-order valence-electron chi connectivity index (χ3n) is 8.77. The molecular weight excluding hydrogens is 801 g/mol. The van der Waals surface area contributed by atoms with E-state index in [4.69, 9.17) is 0 Å². The summed E-state index contributed by atoms with van der Waals surface area (Å²) < 4.78 is 0. The van der Waals surface area contributed by atoms with Crippen LogP contribution in [0.4, 0.5) is 0 Å². The van der Waals surface area contributed by atoms with Crippen molar-refractivity contribution in [3.63, 3.8) is 0 Å². The number of hydrogen-bond acceptors (Lipinski definition) is 8. The van der Waals surface area contributed by atoms with Crippen LogP contribution >= 0.6 is 0 Å².